The maximum atomic E-state index is 12.8. The first-order valence-corrected chi connectivity index (χ1v) is 7.82. The lowest BCUT2D eigenvalue weighted by atomic mass is 9.77. The Morgan fingerprint density at radius 3 is 2.21 bits per heavy atom. The van der Waals surface area contributed by atoms with Gasteiger partial charge in [0.1, 0.15) is 11.5 Å². The van der Waals surface area contributed by atoms with Gasteiger partial charge < -0.3 is 23.5 Å². The van der Waals surface area contributed by atoms with Gasteiger partial charge in [-0.2, -0.15) is 8.78 Å². The maximum Gasteiger partial charge on any atom is 0.502 e. The van der Waals surface area contributed by atoms with Crippen LogP contribution in [0.3, 0.4) is 0 Å². The summed E-state index contributed by atoms with van der Waals surface area (Å²) in [6, 6.07) is 4.63. The molecule has 1 aromatic rings. The molecule has 1 aliphatic rings. The van der Waals surface area contributed by atoms with E-state index >= 15 is 0 Å². The lowest BCUT2D eigenvalue weighted by Gasteiger charge is -2.32. The summed E-state index contributed by atoms with van der Waals surface area (Å²) in [4.78, 5) is 0. The topological polar surface area (TPSA) is 46.2 Å². The van der Waals surface area contributed by atoms with Crippen molar-refractivity contribution in [2.75, 3.05) is 13.4 Å². The second kappa shape index (κ2) is 7.25. The Labute approximate surface area is 141 Å². The molecule has 24 heavy (non-hydrogen) atoms. The van der Waals surface area contributed by atoms with E-state index in [1.165, 1.54) is 6.07 Å². The smallest absolute Gasteiger partial charge is 0.468 e. The highest BCUT2D eigenvalue weighted by Gasteiger charge is 2.53. The Hall–Kier alpha value is -1.38. The van der Waals surface area contributed by atoms with Crippen molar-refractivity contribution in [3.05, 3.63) is 18.2 Å². The van der Waals surface area contributed by atoms with Crippen LogP contribution in [0.5, 0.6) is 11.5 Å². The van der Waals surface area contributed by atoms with Crippen molar-refractivity contribution in [1.82, 2.24) is 0 Å². The number of halogens is 2. The summed E-state index contributed by atoms with van der Waals surface area (Å²) in [6.45, 7) is 6.84. The minimum Gasteiger partial charge on any atom is -0.468 e. The third-order valence-electron chi connectivity index (χ3n) is 4.23. The molecule has 0 bridgehead atoms. The Morgan fingerprint density at radius 1 is 1.08 bits per heavy atom. The standard InChI is InChI=1S/C16H23BF2O5/c1-6-20-10-21-11-8-7-9-12(22-14(18)19)13(11)17-23-15(2,3)16(4,5)24-17/h7-9,14H,6,10H2,1-5H3. The third kappa shape index (κ3) is 3.99. The van der Waals surface area contributed by atoms with Crippen molar-refractivity contribution < 1.29 is 32.3 Å². The number of ether oxygens (including phenoxy) is 3. The van der Waals surface area contributed by atoms with Gasteiger partial charge in [-0.3, -0.25) is 0 Å². The van der Waals surface area contributed by atoms with E-state index in [9.17, 15) is 8.78 Å². The van der Waals surface area contributed by atoms with Crippen molar-refractivity contribution in [2.24, 2.45) is 0 Å². The number of alkyl halides is 2. The van der Waals surface area contributed by atoms with E-state index in [1.54, 1.807) is 12.1 Å². The molecule has 0 aromatic heterocycles. The van der Waals surface area contributed by atoms with Crippen molar-refractivity contribution >= 4 is 12.6 Å². The van der Waals surface area contributed by atoms with E-state index in [0.29, 0.717) is 12.4 Å². The molecule has 1 heterocycles. The number of hydrogen-bond acceptors (Lipinski definition) is 5. The van der Waals surface area contributed by atoms with Gasteiger partial charge in [0.2, 0.25) is 0 Å². The van der Waals surface area contributed by atoms with Crippen LogP contribution in [-0.2, 0) is 14.0 Å². The minimum absolute atomic E-state index is 0.0128. The van der Waals surface area contributed by atoms with Crippen LogP contribution in [0.2, 0.25) is 0 Å². The molecule has 0 atom stereocenters. The lowest BCUT2D eigenvalue weighted by Crippen LogP contribution is -2.41. The Balaban J connectivity index is 2.37. The van der Waals surface area contributed by atoms with Gasteiger partial charge in [-0.05, 0) is 46.8 Å². The van der Waals surface area contributed by atoms with Gasteiger partial charge in [-0.1, -0.05) is 6.07 Å². The summed E-state index contributed by atoms with van der Waals surface area (Å²) < 4.78 is 52.8. The molecule has 1 fully saturated rings. The van der Waals surface area contributed by atoms with Crippen LogP contribution >= 0.6 is 0 Å². The van der Waals surface area contributed by atoms with E-state index in [-0.39, 0.29) is 18.0 Å². The minimum atomic E-state index is -2.96. The van der Waals surface area contributed by atoms with Crippen LogP contribution in [0.4, 0.5) is 8.78 Å². The highest BCUT2D eigenvalue weighted by atomic mass is 19.3. The molecule has 0 amide bonds. The van der Waals surface area contributed by atoms with Crippen LogP contribution < -0.4 is 14.9 Å². The zero-order chi connectivity index (χ0) is 18.0. The van der Waals surface area contributed by atoms with Crippen LogP contribution in [0.1, 0.15) is 34.6 Å². The van der Waals surface area contributed by atoms with E-state index in [2.05, 4.69) is 4.74 Å². The average Bonchev–Trinajstić information content (AvgIpc) is 2.67. The molecule has 2 rings (SSSR count). The first-order valence-electron chi connectivity index (χ1n) is 7.82. The molecular formula is C16H23BF2O5. The molecule has 8 heteroatoms. The second-order valence-corrected chi connectivity index (χ2v) is 6.39. The van der Waals surface area contributed by atoms with Gasteiger partial charge in [-0.15, -0.1) is 0 Å². The van der Waals surface area contributed by atoms with Crippen LogP contribution in [-0.4, -0.2) is 38.3 Å². The Morgan fingerprint density at radius 2 is 1.67 bits per heavy atom. The summed E-state index contributed by atoms with van der Waals surface area (Å²) in [5.41, 5.74) is -0.948. The number of rotatable bonds is 7. The molecule has 1 aliphatic heterocycles. The quantitative estimate of drug-likeness (QED) is 0.432. The van der Waals surface area contributed by atoms with Crippen molar-refractivity contribution in [2.45, 2.75) is 52.4 Å². The Bertz CT molecular complexity index is 549. The van der Waals surface area contributed by atoms with Gasteiger partial charge in [0.15, 0.2) is 6.79 Å². The molecule has 0 radical (unpaired) electrons. The summed E-state index contributed by atoms with van der Waals surface area (Å²) in [6.07, 6.45) is 0. The van der Waals surface area contributed by atoms with Crippen molar-refractivity contribution in [1.29, 1.82) is 0 Å². The van der Waals surface area contributed by atoms with Gasteiger partial charge in [0, 0.05) is 6.61 Å². The van der Waals surface area contributed by atoms with Gasteiger partial charge in [0.25, 0.3) is 0 Å². The summed E-state index contributed by atoms with van der Waals surface area (Å²) in [5.74, 6) is 0.276. The molecule has 134 valence electrons. The predicted molar refractivity (Wildman–Crippen MR) is 85.9 cm³/mol. The fourth-order valence-corrected chi connectivity index (χ4v) is 2.23. The molecule has 1 aromatic carbocycles. The van der Waals surface area contributed by atoms with E-state index in [4.69, 9.17) is 18.8 Å². The van der Waals surface area contributed by atoms with Crippen molar-refractivity contribution in [3.63, 3.8) is 0 Å². The first kappa shape index (κ1) is 19.0. The first-order chi connectivity index (χ1) is 11.2. The monoisotopic (exact) mass is 344 g/mol. The SMILES string of the molecule is CCOCOc1cccc(OC(F)F)c1B1OC(C)(C)C(C)(C)O1. The molecule has 0 N–H and O–H groups in total. The van der Waals surface area contributed by atoms with Gasteiger partial charge in [0.05, 0.1) is 16.7 Å². The molecule has 0 unspecified atom stereocenters. The Kier molecular flexibility index (Phi) is 5.73. The molecule has 5 nitrogen and oxygen atoms in total. The molecular weight excluding hydrogens is 321 g/mol. The highest BCUT2D eigenvalue weighted by molar-refractivity contribution is 6.64. The third-order valence-corrected chi connectivity index (χ3v) is 4.23. The van der Waals surface area contributed by atoms with Crippen LogP contribution in [0.25, 0.3) is 0 Å². The fourth-order valence-electron chi connectivity index (χ4n) is 2.23. The number of benzene rings is 1. The summed E-state index contributed by atoms with van der Waals surface area (Å²) in [7, 11) is -0.887. The van der Waals surface area contributed by atoms with E-state index in [1.807, 2.05) is 34.6 Å². The second-order valence-electron chi connectivity index (χ2n) is 6.39. The highest BCUT2D eigenvalue weighted by Crippen LogP contribution is 2.38. The fraction of sp³-hybridized carbons (Fsp3) is 0.625. The van der Waals surface area contributed by atoms with Gasteiger partial charge >= 0.3 is 13.7 Å². The molecule has 1 saturated heterocycles. The average molecular weight is 344 g/mol. The largest absolute Gasteiger partial charge is 0.502 e. The molecule has 0 spiro atoms. The van der Waals surface area contributed by atoms with Crippen LogP contribution in [0.15, 0.2) is 18.2 Å². The zero-order valence-corrected chi connectivity index (χ0v) is 14.6. The van der Waals surface area contributed by atoms with Crippen LogP contribution in [0, 0.1) is 0 Å². The normalized spacial score (nSPS) is 18.9. The number of hydrogen-bond donors (Lipinski definition) is 0. The van der Waals surface area contributed by atoms with E-state index < -0.39 is 24.9 Å². The summed E-state index contributed by atoms with van der Waals surface area (Å²) >= 11 is 0. The lowest BCUT2D eigenvalue weighted by molar-refractivity contribution is -0.0494. The predicted octanol–water partition coefficient (Wildman–Crippen LogP) is 2.96. The van der Waals surface area contributed by atoms with Gasteiger partial charge in [-0.25, -0.2) is 0 Å². The molecule has 0 aliphatic carbocycles. The zero-order valence-electron chi connectivity index (χ0n) is 14.6. The molecule has 0 saturated carbocycles. The van der Waals surface area contributed by atoms with E-state index in [0.717, 1.165) is 0 Å². The summed E-state index contributed by atoms with van der Waals surface area (Å²) in [5, 5.41) is 0. The maximum absolute atomic E-state index is 12.8. The van der Waals surface area contributed by atoms with Crippen molar-refractivity contribution in [3.8, 4) is 11.5 Å².